The lowest BCUT2D eigenvalue weighted by molar-refractivity contribution is -0.148. The molecular weight excluding hydrogens is 272 g/mol. The zero-order valence-corrected chi connectivity index (χ0v) is 11.9. The van der Waals surface area contributed by atoms with Gasteiger partial charge in [-0.3, -0.25) is 9.59 Å². The van der Waals surface area contributed by atoms with Crippen LogP contribution in [0, 0.1) is 0 Å². The van der Waals surface area contributed by atoms with Crippen LogP contribution in [0.4, 0.5) is 0 Å². The Kier molecular flexibility index (Phi) is 5.75. The van der Waals surface area contributed by atoms with E-state index in [0.717, 1.165) is 6.92 Å². The third-order valence-electron chi connectivity index (χ3n) is 3.49. The first-order valence-electron chi connectivity index (χ1n) is 6.67. The maximum absolute atomic E-state index is 12.0. The van der Waals surface area contributed by atoms with Crippen LogP contribution in [0.25, 0.3) is 0 Å². The number of rotatable bonds is 8. The molecule has 0 bridgehead atoms. The number of aliphatic carboxylic acids is 1. The largest absolute Gasteiger partial charge is 0.480 e. The number of nitrogens with two attached hydrogens (primary N) is 2. The topological polar surface area (TPSA) is 123 Å². The number of benzene rings is 1. The van der Waals surface area contributed by atoms with E-state index >= 15 is 0 Å². The molecule has 0 saturated carbocycles. The number of carboxylic acids is 1. The number of carboxylic acid groups (broad SMARTS) is 1. The first kappa shape index (κ1) is 17.0. The van der Waals surface area contributed by atoms with Crippen molar-refractivity contribution in [1.29, 1.82) is 0 Å². The molecule has 0 saturated heterocycles. The van der Waals surface area contributed by atoms with Crippen LogP contribution >= 0.6 is 0 Å². The van der Waals surface area contributed by atoms with E-state index in [1.54, 1.807) is 30.3 Å². The third kappa shape index (κ3) is 4.21. The first-order chi connectivity index (χ1) is 9.79. The van der Waals surface area contributed by atoms with E-state index in [4.69, 9.17) is 16.6 Å². The summed E-state index contributed by atoms with van der Waals surface area (Å²) in [5, 5.41) is 9.01. The van der Waals surface area contributed by atoms with Crippen LogP contribution in [0.2, 0.25) is 0 Å². The summed E-state index contributed by atoms with van der Waals surface area (Å²) in [6.07, 6.45) is 0.503. The summed E-state index contributed by atoms with van der Waals surface area (Å²) in [6, 6.07) is 7.88. The summed E-state index contributed by atoms with van der Waals surface area (Å²) in [7, 11) is 0. The van der Waals surface area contributed by atoms with Crippen molar-refractivity contribution in [3.63, 3.8) is 0 Å². The van der Waals surface area contributed by atoms with Gasteiger partial charge in [0.15, 0.2) is 17.1 Å². The molecule has 0 aromatic heterocycles. The average Bonchev–Trinajstić information content (AvgIpc) is 2.46. The zero-order valence-electron chi connectivity index (χ0n) is 11.9. The third-order valence-corrected chi connectivity index (χ3v) is 3.49. The van der Waals surface area contributed by atoms with Gasteiger partial charge in [-0.15, -0.1) is 0 Å². The summed E-state index contributed by atoms with van der Waals surface area (Å²) in [5.74, 6) is -2.19. The maximum Gasteiger partial charge on any atom is 0.331 e. The van der Waals surface area contributed by atoms with E-state index in [1.807, 2.05) is 0 Å². The molecule has 114 valence electrons. The molecule has 0 spiro atoms. The molecule has 0 aliphatic rings. The molecule has 5 N–H and O–H groups in total. The summed E-state index contributed by atoms with van der Waals surface area (Å²) in [6.45, 7) is 1.14. The van der Waals surface area contributed by atoms with Gasteiger partial charge in [0.25, 0.3) is 0 Å². The van der Waals surface area contributed by atoms with E-state index in [2.05, 4.69) is 0 Å². The van der Waals surface area contributed by atoms with E-state index in [0.29, 0.717) is 5.56 Å². The molecule has 1 aromatic carbocycles. The molecule has 0 amide bonds. The summed E-state index contributed by atoms with van der Waals surface area (Å²) >= 11 is 0. The average molecular weight is 292 g/mol. The number of Topliss-reactive ketones (excluding diaryl/α,β-unsaturated/α-hetero) is 2. The monoisotopic (exact) mass is 292 g/mol. The van der Waals surface area contributed by atoms with Crippen molar-refractivity contribution < 1.29 is 19.5 Å². The highest BCUT2D eigenvalue weighted by Crippen LogP contribution is 2.15. The predicted molar refractivity (Wildman–Crippen MR) is 77.8 cm³/mol. The molecule has 0 aliphatic heterocycles. The van der Waals surface area contributed by atoms with Gasteiger partial charge in [0.2, 0.25) is 0 Å². The normalized spacial score (nSPS) is 15.0. The lowest BCUT2D eigenvalue weighted by atomic mass is 9.88. The summed E-state index contributed by atoms with van der Waals surface area (Å²) in [4.78, 5) is 34.4. The van der Waals surface area contributed by atoms with Gasteiger partial charge in [0, 0.05) is 5.56 Å². The van der Waals surface area contributed by atoms with Gasteiger partial charge in [-0.05, 0) is 26.2 Å². The van der Waals surface area contributed by atoms with Gasteiger partial charge in [-0.25, -0.2) is 4.79 Å². The summed E-state index contributed by atoms with van der Waals surface area (Å²) in [5.41, 5.74) is 9.99. The fourth-order valence-corrected chi connectivity index (χ4v) is 1.98. The Morgan fingerprint density at radius 1 is 1.24 bits per heavy atom. The van der Waals surface area contributed by atoms with Crippen molar-refractivity contribution >= 4 is 17.5 Å². The van der Waals surface area contributed by atoms with E-state index in [9.17, 15) is 14.4 Å². The highest BCUT2D eigenvalue weighted by molar-refractivity contribution is 6.06. The molecule has 0 radical (unpaired) electrons. The fourth-order valence-electron chi connectivity index (χ4n) is 1.98. The molecule has 0 fully saturated rings. The van der Waals surface area contributed by atoms with E-state index in [1.165, 1.54) is 0 Å². The quantitative estimate of drug-likeness (QED) is 0.479. The van der Waals surface area contributed by atoms with Gasteiger partial charge < -0.3 is 16.6 Å². The van der Waals surface area contributed by atoms with Crippen LogP contribution in [0.5, 0.6) is 0 Å². The standard InChI is InChI=1S/C15H20N2O4/c1-10(18)15(17,14(20)21)9-5-8-12(16)13(19)11-6-3-2-4-7-11/h2-4,6-7,12H,5,8-9,16-17H2,1H3,(H,20,21). The number of hydrogen-bond acceptors (Lipinski definition) is 5. The number of carbonyl (C=O) groups excluding carboxylic acids is 2. The maximum atomic E-state index is 12.0. The molecular formula is C15H20N2O4. The second kappa shape index (κ2) is 7.10. The number of hydrogen-bond donors (Lipinski definition) is 3. The minimum atomic E-state index is -1.91. The minimum absolute atomic E-state index is 0.0482. The Bertz CT molecular complexity index is 514. The molecule has 21 heavy (non-hydrogen) atoms. The number of carbonyl (C=O) groups is 3. The fraction of sp³-hybridized carbons (Fsp3) is 0.400. The Hall–Kier alpha value is -2.05. The van der Waals surface area contributed by atoms with E-state index < -0.39 is 23.3 Å². The van der Waals surface area contributed by atoms with Crippen molar-refractivity contribution in [3.8, 4) is 0 Å². The second-order valence-corrected chi connectivity index (χ2v) is 5.06. The smallest absolute Gasteiger partial charge is 0.331 e. The lowest BCUT2D eigenvalue weighted by Crippen LogP contribution is -2.54. The van der Waals surface area contributed by atoms with Crippen LogP contribution < -0.4 is 11.5 Å². The number of ketones is 2. The molecule has 1 aromatic rings. The zero-order chi connectivity index (χ0) is 16.0. The van der Waals surface area contributed by atoms with Gasteiger partial charge in [0.05, 0.1) is 6.04 Å². The molecule has 0 aliphatic carbocycles. The Labute approximate surface area is 123 Å². The molecule has 6 nitrogen and oxygen atoms in total. The SMILES string of the molecule is CC(=O)C(N)(CCCC(N)C(=O)c1ccccc1)C(=O)O. The van der Waals surface area contributed by atoms with Gasteiger partial charge in [-0.1, -0.05) is 30.3 Å². The molecule has 2 atom stereocenters. The highest BCUT2D eigenvalue weighted by Gasteiger charge is 2.38. The molecule has 2 unspecified atom stereocenters. The Morgan fingerprint density at radius 3 is 2.29 bits per heavy atom. The van der Waals surface area contributed by atoms with Crippen LogP contribution in [0.1, 0.15) is 36.5 Å². The lowest BCUT2D eigenvalue weighted by Gasteiger charge is -2.21. The van der Waals surface area contributed by atoms with Crippen LogP contribution in [-0.2, 0) is 9.59 Å². The highest BCUT2D eigenvalue weighted by atomic mass is 16.4. The molecule has 6 heteroatoms. The molecule has 0 heterocycles. The minimum Gasteiger partial charge on any atom is -0.480 e. The molecule has 1 rings (SSSR count). The predicted octanol–water partition coefficient (Wildman–Crippen LogP) is 0.738. The Morgan fingerprint density at radius 2 is 1.81 bits per heavy atom. The van der Waals surface area contributed by atoms with Crippen LogP contribution in [0.3, 0.4) is 0 Å². The van der Waals surface area contributed by atoms with Crippen molar-refractivity contribution in [2.24, 2.45) is 11.5 Å². The van der Waals surface area contributed by atoms with Crippen molar-refractivity contribution in [3.05, 3.63) is 35.9 Å². The second-order valence-electron chi connectivity index (χ2n) is 5.06. The van der Waals surface area contributed by atoms with Crippen LogP contribution in [-0.4, -0.2) is 34.2 Å². The van der Waals surface area contributed by atoms with Gasteiger partial charge in [0.1, 0.15) is 0 Å². The van der Waals surface area contributed by atoms with Crippen LogP contribution in [0.15, 0.2) is 30.3 Å². The van der Waals surface area contributed by atoms with Crippen molar-refractivity contribution in [1.82, 2.24) is 0 Å². The van der Waals surface area contributed by atoms with E-state index in [-0.39, 0.29) is 25.0 Å². The van der Waals surface area contributed by atoms with Gasteiger partial charge in [-0.2, -0.15) is 0 Å². The van der Waals surface area contributed by atoms with Crippen molar-refractivity contribution in [2.45, 2.75) is 37.8 Å². The Balaban J connectivity index is 2.58. The van der Waals surface area contributed by atoms with Crippen molar-refractivity contribution in [2.75, 3.05) is 0 Å². The first-order valence-corrected chi connectivity index (χ1v) is 6.67. The van der Waals surface area contributed by atoms with Gasteiger partial charge >= 0.3 is 5.97 Å². The summed E-state index contributed by atoms with van der Waals surface area (Å²) < 4.78 is 0.